The lowest BCUT2D eigenvalue weighted by atomic mass is 9.98. The van der Waals surface area contributed by atoms with Gasteiger partial charge in [0.05, 0.1) is 11.8 Å². The standard InChI is InChI=1S/C18H17NO3/c1-11-15-10-18(22)17(21)9-13(15)7-8-19(11)16-6-4-3-5-14(16)12(2)20/h3-10,12,20-22H,1H2,2H3. The number of anilines is 1. The van der Waals surface area contributed by atoms with Gasteiger partial charge in [-0.1, -0.05) is 24.8 Å². The van der Waals surface area contributed by atoms with Crippen molar-refractivity contribution in [2.45, 2.75) is 13.0 Å². The molecule has 0 saturated heterocycles. The third-order valence-electron chi connectivity index (χ3n) is 3.80. The van der Waals surface area contributed by atoms with Gasteiger partial charge in [0.2, 0.25) is 0 Å². The molecule has 4 nitrogen and oxygen atoms in total. The van der Waals surface area contributed by atoms with Gasteiger partial charge >= 0.3 is 0 Å². The monoisotopic (exact) mass is 295 g/mol. The Balaban J connectivity index is 2.10. The molecule has 1 aliphatic heterocycles. The highest BCUT2D eigenvalue weighted by atomic mass is 16.3. The molecule has 1 atom stereocenters. The zero-order valence-electron chi connectivity index (χ0n) is 12.2. The van der Waals surface area contributed by atoms with Gasteiger partial charge in [-0.25, -0.2) is 0 Å². The van der Waals surface area contributed by atoms with Crippen molar-refractivity contribution in [3.8, 4) is 11.5 Å². The largest absolute Gasteiger partial charge is 0.504 e. The number of aliphatic hydroxyl groups excluding tert-OH is 1. The molecule has 1 aliphatic rings. The van der Waals surface area contributed by atoms with Crippen LogP contribution < -0.4 is 4.90 Å². The third-order valence-corrected chi connectivity index (χ3v) is 3.80. The summed E-state index contributed by atoms with van der Waals surface area (Å²) in [5, 5.41) is 29.3. The van der Waals surface area contributed by atoms with E-state index in [4.69, 9.17) is 0 Å². The summed E-state index contributed by atoms with van der Waals surface area (Å²) in [4.78, 5) is 1.86. The SMILES string of the molecule is C=C1c2cc(O)c(O)cc2C=CN1c1ccccc1C(C)O. The molecule has 4 heteroatoms. The molecule has 0 amide bonds. The number of hydrogen-bond donors (Lipinski definition) is 3. The number of phenolic OH excluding ortho intramolecular Hbond substituents is 2. The Labute approximate surface area is 128 Å². The Bertz CT molecular complexity index is 778. The Kier molecular flexibility index (Phi) is 3.39. The van der Waals surface area contributed by atoms with Crippen molar-refractivity contribution in [3.05, 3.63) is 65.9 Å². The fourth-order valence-electron chi connectivity index (χ4n) is 2.64. The summed E-state index contributed by atoms with van der Waals surface area (Å²) in [7, 11) is 0. The number of rotatable bonds is 2. The molecule has 1 heterocycles. The minimum absolute atomic E-state index is 0.158. The molecule has 0 radical (unpaired) electrons. The molecule has 1 unspecified atom stereocenters. The quantitative estimate of drug-likeness (QED) is 0.741. The number of phenols is 2. The maximum absolute atomic E-state index is 9.94. The normalized spacial score (nSPS) is 14.8. The van der Waals surface area contributed by atoms with Crippen molar-refractivity contribution < 1.29 is 15.3 Å². The Morgan fingerprint density at radius 3 is 2.50 bits per heavy atom. The van der Waals surface area contributed by atoms with Crippen molar-refractivity contribution >= 4 is 17.5 Å². The van der Waals surface area contributed by atoms with E-state index in [1.807, 2.05) is 41.4 Å². The van der Waals surface area contributed by atoms with Crippen LogP contribution in [0.25, 0.3) is 11.8 Å². The zero-order valence-corrected chi connectivity index (χ0v) is 12.2. The van der Waals surface area contributed by atoms with Crippen molar-refractivity contribution in [3.63, 3.8) is 0 Å². The van der Waals surface area contributed by atoms with Crippen molar-refractivity contribution in [1.29, 1.82) is 0 Å². The van der Waals surface area contributed by atoms with Gasteiger partial charge in [-0.05, 0) is 36.8 Å². The first kappa shape index (κ1) is 14.2. The van der Waals surface area contributed by atoms with E-state index in [2.05, 4.69) is 6.58 Å². The summed E-state index contributed by atoms with van der Waals surface area (Å²) in [6.45, 7) is 5.80. The van der Waals surface area contributed by atoms with Gasteiger partial charge in [0.1, 0.15) is 0 Å². The van der Waals surface area contributed by atoms with Crippen molar-refractivity contribution in [1.82, 2.24) is 0 Å². The number of aliphatic hydroxyl groups is 1. The van der Waals surface area contributed by atoms with E-state index in [0.29, 0.717) is 5.70 Å². The molecule has 2 aromatic rings. The second kappa shape index (κ2) is 5.24. The molecule has 0 fully saturated rings. The van der Waals surface area contributed by atoms with Gasteiger partial charge in [-0.3, -0.25) is 0 Å². The van der Waals surface area contributed by atoms with Gasteiger partial charge in [0, 0.05) is 23.0 Å². The molecule has 0 saturated carbocycles. The molecule has 22 heavy (non-hydrogen) atoms. The average molecular weight is 295 g/mol. The second-order valence-corrected chi connectivity index (χ2v) is 5.30. The van der Waals surface area contributed by atoms with Crippen LogP contribution in [-0.2, 0) is 0 Å². The Hall–Kier alpha value is -2.72. The maximum Gasteiger partial charge on any atom is 0.158 e. The summed E-state index contributed by atoms with van der Waals surface area (Å²) < 4.78 is 0. The van der Waals surface area contributed by atoms with Crippen LogP contribution in [0.1, 0.15) is 29.7 Å². The molecule has 0 aromatic heterocycles. The van der Waals surface area contributed by atoms with Gasteiger partial charge in [0.15, 0.2) is 11.5 Å². The van der Waals surface area contributed by atoms with E-state index in [0.717, 1.165) is 22.4 Å². The van der Waals surface area contributed by atoms with E-state index in [-0.39, 0.29) is 11.5 Å². The predicted molar refractivity (Wildman–Crippen MR) is 87.4 cm³/mol. The molecule has 112 valence electrons. The number of benzene rings is 2. The fraction of sp³-hybridized carbons (Fsp3) is 0.111. The lowest BCUT2D eigenvalue weighted by Gasteiger charge is -2.30. The zero-order chi connectivity index (χ0) is 15.9. The van der Waals surface area contributed by atoms with Crippen LogP contribution in [0, 0.1) is 0 Å². The highest BCUT2D eigenvalue weighted by molar-refractivity contribution is 5.90. The first-order valence-corrected chi connectivity index (χ1v) is 6.98. The van der Waals surface area contributed by atoms with E-state index in [1.54, 1.807) is 6.92 Å². The molecule has 3 rings (SSSR count). The van der Waals surface area contributed by atoms with Crippen LogP contribution in [0.15, 0.2) is 49.2 Å². The minimum atomic E-state index is -0.605. The number of nitrogens with zero attached hydrogens (tertiary/aromatic N) is 1. The van der Waals surface area contributed by atoms with Crippen LogP contribution in [0.3, 0.4) is 0 Å². The Morgan fingerprint density at radius 1 is 1.09 bits per heavy atom. The molecular formula is C18H17NO3. The van der Waals surface area contributed by atoms with Gasteiger partial charge in [-0.15, -0.1) is 0 Å². The summed E-state index contributed by atoms with van der Waals surface area (Å²) in [5.74, 6) is -0.340. The second-order valence-electron chi connectivity index (χ2n) is 5.30. The molecule has 0 spiro atoms. The van der Waals surface area contributed by atoms with E-state index in [1.165, 1.54) is 12.1 Å². The van der Waals surface area contributed by atoms with E-state index >= 15 is 0 Å². The molecule has 3 N–H and O–H groups in total. The molecule has 2 aromatic carbocycles. The highest BCUT2D eigenvalue weighted by Crippen LogP contribution is 2.39. The molecular weight excluding hydrogens is 278 g/mol. The summed E-state index contributed by atoms with van der Waals surface area (Å²) in [5.41, 5.74) is 3.81. The maximum atomic E-state index is 9.94. The fourth-order valence-corrected chi connectivity index (χ4v) is 2.64. The smallest absolute Gasteiger partial charge is 0.158 e. The number of fused-ring (bicyclic) bond motifs is 1. The van der Waals surface area contributed by atoms with Gasteiger partial charge < -0.3 is 20.2 Å². The summed E-state index contributed by atoms with van der Waals surface area (Å²) in [6.07, 6.45) is 3.07. The van der Waals surface area contributed by atoms with Crippen LogP contribution in [0.4, 0.5) is 5.69 Å². The minimum Gasteiger partial charge on any atom is -0.504 e. The number of aromatic hydroxyl groups is 2. The molecule has 0 aliphatic carbocycles. The van der Waals surface area contributed by atoms with Crippen LogP contribution >= 0.6 is 0 Å². The highest BCUT2D eigenvalue weighted by Gasteiger charge is 2.21. The van der Waals surface area contributed by atoms with E-state index in [9.17, 15) is 15.3 Å². The first-order chi connectivity index (χ1) is 10.5. The number of para-hydroxylation sites is 1. The summed E-state index contributed by atoms with van der Waals surface area (Å²) in [6, 6.07) is 10.5. The van der Waals surface area contributed by atoms with Crippen LogP contribution in [0.5, 0.6) is 11.5 Å². The average Bonchev–Trinajstić information content (AvgIpc) is 2.50. The van der Waals surface area contributed by atoms with Crippen molar-refractivity contribution in [2.24, 2.45) is 0 Å². The Morgan fingerprint density at radius 2 is 1.77 bits per heavy atom. The van der Waals surface area contributed by atoms with Crippen molar-refractivity contribution in [2.75, 3.05) is 4.90 Å². The summed E-state index contributed by atoms with van der Waals surface area (Å²) >= 11 is 0. The first-order valence-electron chi connectivity index (χ1n) is 6.98. The van der Waals surface area contributed by atoms with E-state index < -0.39 is 6.10 Å². The molecule has 0 bridgehead atoms. The van der Waals surface area contributed by atoms with Crippen LogP contribution in [0.2, 0.25) is 0 Å². The lowest BCUT2D eigenvalue weighted by molar-refractivity contribution is 0.200. The van der Waals surface area contributed by atoms with Gasteiger partial charge in [-0.2, -0.15) is 0 Å². The number of hydrogen-bond acceptors (Lipinski definition) is 4. The van der Waals surface area contributed by atoms with Gasteiger partial charge in [0.25, 0.3) is 0 Å². The lowest BCUT2D eigenvalue weighted by Crippen LogP contribution is -2.19. The van der Waals surface area contributed by atoms with Crippen LogP contribution in [-0.4, -0.2) is 15.3 Å². The topological polar surface area (TPSA) is 63.9 Å². The predicted octanol–water partition coefficient (Wildman–Crippen LogP) is 3.61. The third kappa shape index (κ3) is 2.23.